The molecule has 0 atom stereocenters. The van der Waals surface area contributed by atoms with Crippen LogP contribution in [0.2, 0.25) is 5.02 Å². The monoisotopic (exact) mass is 342 g/mol. The van der Waals surface area contributed by atoms with E-state index in [0.29, 0.717) is 5.02 Å². The molecule has 0 unspecified atom stereocenters. The summed E-state index contributed by atoms with van der Waals surface area (Å²) in [6.07, 6.45) is 1.66. The van der Waals surface area contributed by atoms with Gasteiger partial charge in [0.1, 0.15) is 5.03 Å². The summed E-state index contributed by atoms with van der Waals surface area (Å²) in [5, 5.41) is 4.72. The first-order valence-electron chi connectivity index (χ1n) is 5.41. The molecule has 0 saturated carbocycles. The molecule has 18 heavy (non-hydrogen) atoms. The average Bonchev–Trinajstić information content (AvgIpc) is 2.36. The highest BCUT2D eigenvalue weighted by Gasteiger charge is 2.04. The zero-order valence-corrected chi connectivity index (χ0v) is 12.9. The Balaban J connectivity index is 2.16. The van der Waals surface area contributed by atoms with Gasteiger partial charge in [-0.25, -0.2) is 4.98 Å². The number of hydrogen-bond acceptors (Lipinski definition) is 3. The molecule has 0 bridgehead atoms. The fourth-order valence-corrected chi connectivity index (χ4v) is 3.02. The zero-order valence-electron chi connectivity index (χ0n) is 9.78. The van der Waals surface area contributed by atoms with Gasteiger partial charge in [-0.1, -0.05) is 29.4 Å². The summed E-state index contributed by atoms with van der Waals surface area (Å²) in [6, 6.07) is 10.1. The number of halogens is 2. The Hall–Kier alpha value is -0.550. The van der Waals surface area contributed by atoms with E-state index in [4.69, 9.17) is 11.6 Å². The van der Waals surface area contributed by atoms with Gasteiger partial charge in [0, 0.05) is 22.1 Å². The maximum Gasteiger partial charge on any atom is 0.101 e. The molecule has 1 aromatic heterocycles. The molecule has 0 spiro atoms. The normalized spacial score (nSPS) is 10.6. The highest BCUT2D eigenvalue weighted by molar-refractivity contribution is 9.10. The number of hydrogen-bond donors (Lipinski definition) is 1. The van der Waals surface area contributed by atoms with Crippen LogP contribution in [0.3, 0.4) is 0 Å². The van der Waals surface area contributed by atoms with Gasteiger partial charge in [-0.3, -0.25) is 0 Å². The van der Waals surface area contributed by atoms with E-state index in [1.807, 2.05) is 19.2 Å². The Morgan fingerprint density at radius 2 is 2.17 bits per heavy atom. The minimum Gasteiger partial charge on any atom is -0.316 e. The van der Waals surface area contributed by atoms with Gasteiger partial charge in [-0.05, 0) is 52.8 Å². The second-order valence-electron chi connectivity index (χ2n) is 3.71. The minimum absolute atomic E-state index is 0.655. The summed E-state index contributed by atoms with van der Waals surface area (Å²) in [5.41, 5.74) is 1.25. The number of nitrogens with one attached hydrogen (secondary N) is 1. The fourth-order valence-electron chi connectivity index (χ4n) is 1.48. The Kier molecular flexibility index (Phi) is 5.06. The first-order valence-corrected chi connectivity index (χ1v) is 7.40. The summed E-state index contributed by atoms with van der Waals surface area (Å²) < 4.78 is 1.08. The molecule has 0 radical (unpaired) electrons. The van der Waals surface area contributed by atoms with E-state index in [0.717, 1.165) is 20.9 Å². The Morgan fingerprint density at radius 3 is 2.78 bits per heavy atom. The van der Waals surface area contributed by atoms with Crippen LogP contribution in [0.15, 0.2) is 50.9 Å². The maximum atomic E-state index is 5.81. The number of benzene rings is 1. The first kappa shape index (κ1) is 13.9. The predicted octanol–water partition coefficient (Wildman–Crippen LogP) is 4.37. The van der Waals surface area contributed by atoms with E-state index in [-0.39, 0.29) is 0 Å². The molecule has 2 rings (SSSR count). The molecule has 1 N–H and O–H groups in total. The molecule has 0 fully saturated rings. The van der Waals surface area contributed by atoms with E-state index in [1.54, 1.807) is 18.0 Å². The molecule has 0 aliphatic carbocycles. The molecule has 2 nitrogen and oxygen atoms in total. The molecule has 1 heterocycles. The van der Waals surface area contributed by atoms with Crippen molar-refractivity contribution in [2.24, 2.45) is 0 Å². The topological polar surface area (TPSA) is 24.9 Å². The van der Waals surface area contributed by atoms with Gasteiger partial charge in [0.05, 0.1) is 5.02 Å². The minimum atomic E-state index is 0.655. The van der Waals surface area contributed by atoms with Crippen LogP contribution in [0.1, 0.15) is 5.56 Å². The van der Waals surface area contributed by atoms with E-state index in [1.165, 1.54) is 5.56 Å². The Labute approximate surface area is 124 Å². The first-order chi connectivity index (χ1) is 8.69. The van der Waals surface area contributed by atoms with Gasteiger partial charge < -0.3 is 5.32 Å². The number of pyridine rings is 1. The van der Waals surface area contributed by atoms with Crippen LogP contribution < -0.4 is 5.32 Å². The Morgan fingerprint density at radius 1 is 1.33 bits per heavy atom. The van der Waals surface area contributed by atoms with Gasteiger partial charge in [-0.15, -0.1) is 0 Å². The molecule has 2 aromatic rings. The average molecular weight is 344 g/mol. The second kappa shape index (κ2) is 6.57. The van der Waals surface area contributed by atoms with Gasteiger partial charge in [0.15, 0.2) is 0 Å². The van der Waals surface area contributed by atoms with E-state index >= 15 is 0 Å². The molecule has 0 aliphatic heterocycles. The second-order valence-corrected chi connectivity index (χ2v) is 6.06. The summed E-state index contributed by atoms with van der Waals surface area (Å²) in [6.45, 7) is 0.864. The summed E-state index contributed by atoms with van der Waals surface area (Å²) in [4.78, 5) is 5.41. The van der Waals surface area contributed by atoms with Gasteiger partial charge in [-0.2, -0.15) is 0 Å². The lowest BCUT2D eigenvalue weighted by Gasteiger charge is -2.06. The third-order valence-corrected chi connectivity index (χ3v) is 4.46. The molecule has 5 heteroatoms. The molecule has 0 saturated heterocycles. The van der Waals surface area contributed by atoms with Gasteiger partial charge in [0.2, 0.25) is 0 Å². The van der Waals surface area contributed by atoms with Crippen molar-refractivity contribution in [2.45, 2.75) is 16.5 Å². The third kappa shape index (κ3) is 3.72. The van der Waals surface area contributed by atoms with Crippen LogP contribution in [0.5, 0.6) is 0 Å². The lowest BCUT2D eigenvalue weighted by Crippen LogP contribution is -2.04. The van der Waals surface area contributed by atoms with Crippen molar-refractivity contribution in [1.29, 1.82) is 0 Å². The van der Waals surface area contributed by atoms with E-state index < -0.39 is 0 Å². The zero-order chi connectivity index (χ0) is 13.0. The number of nitrogens with zero attached hydrogens (tertiary/aromatic N) is 1. The highest BCUT2D eigenvalue weighted by Crippen LogP contribution is 2.33. The summed E-state index contributed by atoms with van der Waals surface area (Å²) in [5.74, 6) is 0. The quantitative estimate of drug-likeness (QED) is 0.892. The van der Waals surface area contributed by atoms with Crippen LogP contribution in [-0.2, 0) is 6.54 Å². The van der Waals surface area contributed by atoms with Crippen LogP contribution in [-0.4, -0.2) is 12.0 Å². The summed E-state index contributed by atoms with van der Waals surface area (Å²) >= 11 is 11.0. The molecule has 94 valence electrons. The van der Waals surface area contributed by atoms with Crippen LogP contribution in [0.4, 0.5) is 0 Å². The SMILES string of the molecule is CNCc1ccc(Sc2ccc(Cl)cn2)c(Br)c1. The van der Waals surface area contributed by atoms with Crippen molar-refractivity contribution in [1.82, 2.24) is 10.3 Å². The van der Waals surface area contributed by atoms with Crippen molar-refractivity contribution >= 4 is 39.3 Å². The fraction of sp³-hybridized carbons (Fsp3) is 0.154. The molecule has 0 amide bonds. The number of aromatic nitrogens is 1. The Bertz CT molecular complexity index is 531. The predicted molar refractivity (Wildman–Crippen MR) is 80.3 cm³/mol. The van der Waals surface area contributed by atoms with E-state index in [9.17, 15) is 0 Å². The highest BCUT2D eigenvalue weighted by atomic mass is 79.9. The molecule has 1 aromatic carbocycles. The van der Waals surface area contributed by atoms with Gasteiger partial charge in [0.25, 0.3) is 0 Å². The molecular weight excluding hydrogens is 332 g/mol. The van der Waals surface area contributed by atoms with Crippen LogP contribution >= 0.6 is 39.3 Å². The van der Waals surface area contributed by atoms with E-state index in [2.05, 4.69) is 44.4 Å². The van der Waals surface area contributed by atoms with Crippen molar-refractivity contribution in [2.75, 3.05) is 7.05 Å². The standard InChI is InChI=1S/C13H12BrClN2S/c1-16-7-9-2-4-12(11(14)6-9)18-13-5-3-10(15)8-17-13/h2-6,8,16H,7H2,1H3. The van der Waals surface area contributed by atoms with Crippen molar-refractivity contribution in [3.8, 4) is 0 Å². The smallest absolute Gasteiger partial charge is 0.101 e. The molecule has 0 aliphatic rings. The summed E-state index contributed by atoms with van der Waals surface area (Å²) in [7, 11) is 1.94. The molecular formula is C13H12BrClN2S. The number of rotatable bonds is 4. The lowest BCUT2D eigenvalue weighted by molar-refractivity contribution is 0.816. The van der Waals surface area contributed by atoms with Crippen LogP contribution in [0.25, 0.3) is 0 Å². The van der Waals surface area contributed by atoms with Crippen molar-refractivity contribution in [3.05, 3.63) is 51.6 Å². The third-order valence-electron chi connectivity index (χ3n) is 2.29. The van der Waals surface area contributed by atoms with Gasteiger partial charge >= 0.3 is 0 Å². The maximum absolute atomic E-state index is 5.81. The van der Waals surface area contributed by atoms with Crippen molar-refractivity contribution in [3.63, 3.8) is 0 Å². The lowest BCUT2D eigenvalue weighted by atomic mass is 10.2. The largest absolute Gasteiger partial charge is 0.316 e. The van der Waals surface area contributed by atoms with Crippen LogP contribution in [0, 0.1) is 0 Å². The van der Waals surface area contributed by atoms with Crippen molar-refractivity contribution < 1.29 is 0 Å².